The van der Waals surface area contributed by atoms with Crippen LogP contribution in [0.25, 0.3) is 0 Å². The molecule has 0 saturated heterocycles. The largest absolute Gasteiger partial charge is 0.359 e. The molecule has 23 heavy (non-hydrogen) atoms. The van der Waals surface area contributed by atoms with Crippen LogP contribution >= 0.6 is 0 Å². The topological polar surface area (TPSA) is 49.4 Å². The predicted molar refractivity (Wildman–Crippen MR) is 92.0 cm³/mol. The average molecular weight is 308 g/mol. The van der Waals surface area contributed by atoms with Gasteiger partial charge in [0.2, 0.25) is 5.91 Å². The molecule has 1 aliphatic heterocycles. The summed E-state index contributed by atoms with van der Waals surface area (Å²) in [6.45, 7) is 3.99. The van der Waals surface area contributed by atoms with Crippen LogP contribution < -0.4 is 10.2 Å². The first kappa shape index (κ1) is 15.3. The van der Waals surface area contributed by atoms with Crippen molar-refractivity contribution >= 4 is 23.1 Å². The molecule has 4 heteroatoms. The summed E-state index contributed by atoms with van der Waals surface area (Å²) in [5.74, 6) is -0.0329. The molecule has 4 nitrogen and oxygen atoms in total. The summed E-state index contributed by atoms with van der Waals surface area (Å²) in [5.41, 5.74) is 3.78. The zero-order valence-corrected chi connectivity index (χ0v) is 13.4. The number of para-hydroxylation sites is 1. The highest BCUT2D eigenvalue weighted by Crippen LogP contribution is 2.31. The molecule has 1 atom stereocenters. The minimum absolute atomic E-state index is 0.0189. The van der Waals surface area contributed by atoms with Gasteiger partial charge in [-0.2, -0.15) is 0 Å². The highest BCUT2D eigenvalue weighted by Gasteiger charge is 2.26. The third-order valence-electron chi connectivity index (χ3n) is 4.24. The molecule has 0 saturated carbocycles. The Balaban J connectivity index is 1.67. The zero-order valence-electron chi connectivity index (χ0n) is 13.4. The lowest BCUT2D eigenvalue weighted by molar-refractivity contribution is -0.115. The smallest absolute Gasteiger partial charge is 0.243 e. The van der Waals surface area contributed by atoms with E-state index >= 15 is 0 Å². The van der Waals surface area contributed by atoms with Crippen molar-refractivity contribution in [1.29, 1.82) is 0 Å². The average Bonchev–Trinajstić information content (AvgIpc) is 2.84. The molecule has 0 aromatic heterocycles. The number of Topliss-reactive ketones (excluding diaryl/α,β-unsaturated/α-hetero) is 1. The SMILES string of the molecule is CC(=O)c1ccc(NC(=O)CN2c3ccccc3C[C@H]2C)cc1. The van der Waals surface area contributed by atoms with Crippen molar-refractivity contribution in [2.24, 2.45) is 0 Å². The predicted octanol–water partition coefficient (Wildman–Crippen LogP) is 3.28. The molecule has 3 rings (SSSR count). The van der Waals surface area contributed by atoms with Crippen LogP contribution in [0, 0.1) is 0 Å². The zero-order chi connectivity index (χ0) is 16.4. The van der Waals surface area contributed by atoms with Gasteiger partial charge in [-0.25, -0.2) is 0 Å². The number of amides is 1. The van der Waals surface area contributed by atoms with E-state index < -0.39 is 0 Å². The molecule has 0 fully saturated rings. The maximum absolute atomic E-state index is 12.3. The molecule has 1 aliphatic rings. The number of carbonyl (C=O) groups is 2. The van der Waals surface area contributed by atoms with Crippen LogP contribution in [0.5, 0.6) is 0 Å². The second-order valence-corrected chi connectivity index (χ2v) is 5.99. The van der Waals surface area contributed by atoms with Gasteiger partial charge in [0.15, 0.2) is 5.78 Å². The van der Waals surface area contributed by atoms with Crippen molar-refractivity contribution in [2.45, 2.75) is 26.3 Å². The number of rotatable bonds is 4. The van der Waals surface area contributed by atoms with Gasteiger partial charge in [0.1, 0.15) is 0 Å². The Hall–Kier alpha value is -2.62. The van der Waals surface area contributed by atoms with E-state index in [2.05, 4.69) is 29.3 Å². The second-order valence-electron chi connectivity index (χ2n) is 5.99. The van der Waals surface area contributed by atoms with E-state index in [1.54, 1.807) is 24.3 Å². The van der Waals surface area contributed by atoms with Crippen LogP contribution in [0.4, 0.5) is 11.4 Å². The molecule has 2 aromatic rings. The number of carbonyl (C=O) groups excluding carboxylic acids is 2. The molecule has 1 amide bonds. The Kier molecular flexibility index (Phi) is 4.15. The Morgan fingerprint density at radius 1 is 1.13 bits per heavy atom. The van der Waals surface area contributed by atoms with Crippen molar-refractivity contribution in [3.05, 3.63) is 59.7 Å². The van der Waals surface area contributed by atoms with Crippen LogP contribution in [0.3, 0.4) is 0 Å². The summed E-state index contributed by atoms with van der Waals surface area (Å²) in [7, 11) is 0. The maximum atomic E-state index is 12.3. The number of hydrogen-bond donors (Lipinski definition) is 1. The number of fused-ring (bicyclic) bond motifs is 1. The van der Waals surface area contributed by atoms with Gasteiger partial charge < -0.3 is 10.2 Å². The summed E-state index contributed by atoms with van der Waals surface area (Å²) < 4.78 is 0. The fraction of sp³-hybridized carbons (Fsp3) is 0.263. The van der Waals surface area contributed by atoms with Crippen LogP contribution in [0.15, 0.2) is 48.5 Å². The maximum Gasteiger partial charge on any atom is 0.243 e. The van der Waals surface area contributed by atoms with Crippen molar-refractivity contribution in [2.75, 3.05) is 16.8 Å². The van der Waals surface area contributed by atoms with Crippen molar-refractivity contribution in [3.8, 4) is 0 Å². The van der Waals surface area contributed by atoms with Crippen molar-refractivity contribution < 1.29 is 9.59 Å². The third-order valence-corrected chi connectivity index (χ3v) is 4.24. The molecular formula is C19H20N2O2. The lowest BCUT2D eigenvalue weighted by Crippen LogP contribution is -2.37. The van der Waals surface area contributed by atoms with Gasteiger partial charge in [0.05, 0.1) is 6.54 Å². The second kappa shape index (κ2) is 6.24. The first-order valence-electron chi connectivity index (χ1n) is 7.80. The minimum atomic E-state index is -0.0517. The molecule has 0 radical (unpaired) electrons. The van der Waals surface area contributed by atoms with Gasteiger partial charge in [-0.05, 0) is 56.2 Å². The Bertz CT molecular complexity index is 737. The van der Waals surface area contributed by atoms with Gasteiger partial charge >= 0.3 is 0 Å². The Morgan fingerprint density at radius 2 is 1.83 bits per heavy atom. The summed E-state index contributed by atoms with van der Waals surface area (Å²) in [6.07, 6.45) is 0.969. The third kappa shape index (κ3) is 3.26. The van der Waals surface area contributed by atoms with Gasteiger partial charge in [-0.15, -0.1) is 0 Å². The molecule has 0 bridgehead atoms. The molecule has 2 aromatic carbocycles. The summed E-state index contributed by atoms with van der Waals surface area (Å²) >= 11 is 0. The highest BCUT2D eigenvalue weighted by atomic mass is 16.2. The molecule has 0 spiro atoms. The number of nitrogens with one attached hydrogen (secondary N) is 1. The van der Waals surface area contributed by atoms with Gasteiger partial charge in [-0.3, -0.25) is 9.59 Å². The van der Waals surface area contributed by atoms with E-state index in [1.165, 1.54) is 12.5 Å². The first-order chi connectivity index (χ1) is 11.0. The van der Waals surface area contributed by atoms with Gasteiger partial charge in [0.25, 0.3) is 0 Å². The molecule has 0 aliphatic carbocycles. The van der Waals surface area contributed by atoms with Crippen LogP contribution in [-0.4, -0.2) is 24.3 Å². The van der Waals surface area contributed by atoms with Crippen LogP contribution in [0.2, 0.25) is 0 Å². The molecule has 0 unspecified atom stereocenters. The minimum Gasteiger partial charge on any atom is -0.359 e. The lowest BCUT2D eigenvalue weighted by atomic mass is 10.1. The lowest BCUT2D eigenvalue weighted by Gasteiger charge is -2.24. The fourth-order valence-electron chi connectivity index (χ4n) is 3.01. The van der Waals surface area contributed by atoms with Crippen LogP contribution in [0.1, 0.15) is 29.8 Å². The van der Waals surface area contributed by atoms with Gasteiger partial charge in [0, 0.05) is 23.0 Å². The standard InChI is InChI=1S/C19H20N2O2/c1-13-11-16-5-3-4-6-18(16)21(13)12-19(23)20-17-9-7-15(8-10-17)14(2)22/h3-10,13H,11-12H2,1-2H3,(H,20,23)/t13-/m1/s1. The van der Waals surface area contributed by atoms with E-state index in [1.807, 2.05) is 12.1 Å². The van der Waals surface area contributed by atoms with Crippen LogP contribution in [-0.2, 0) is 11.2 Å². The normalized spacial score (nSPS) is 16.1. The van der Waals surface area contributed by atoms with Crippen molar-refractivity contribution in [1.82, 2.24) is 0 Å². The number of hydrogen-bond acceptors (Lipinski definition) is 3. The van der Waals surface area contributed by atoms with E-state index in [0.29, 0.717) is 23.8 Å². The van der Waals surface area contributed by atoms with E-state index in [4.69, 9.17) is 0 Å². The number of benzene rings is 2. The quantitative estimate of drug-likeness (QED) is 0.882. The monoisotopic (exact) mass is 308 g/mol. The van der Waals surface area contributed by atoms with E-state index in [-0.39, 0.29) is 11.7 Å². The fourth-order valence-corrected chi connectivity index (χ4v) is 3.01. The van der Waals surface area contributed by atoms with Gasteiger partial charge in [-0.1, -0.05) is 18.2 Å². The Labute approximate surface area is 136 Å². The summed E-state index contributed by atoms with van der Waals surface area (Å²) in [5, 5.41) is 2.89. The molecule has 118 valence electrons. The van der Waals surface area contributed by atoms with Crippen molar-refractivity contribution in [3.63, 3.8) is 0 Å². The number of ketones is 1. The molecule has 1 N–H and O–H groups in total. The van der Waals surface area contributed by atoms with E-state index in [9.17, 15) is 9.59 Å². The summed E-state index contributed by atoms with van der Waals surface area (Å²) in [6, 6.07) is 15.5. The number of anilines is 2. The highest BCUT2D eigenvalue weighted by molar-refractivity contribution is 5.97. The molecular weight excluding hydrogens is 288 g/mol. The first-order valence-corrected chi connectivity index (χ1v) is 7.80. The summed E-state index contributed by atoms with van der Waals surface area (Å²) in [4.78, 5) is 25.7. The Morgan fingerprint density at radius 3 is 2.52 bits per heavy atom. The number of nitrogens with zero attached hydrogens (tertiary/aromatic N) is 1. The van der Waals surface area contributed by atoms with E-state index in [0.717, 1.165) is 12.1 Å². The molecule has 1 heterocycles.